The lowest BCUT2D eigenvalue weighted by molar-refractivity contribution is 1.20. The summed E-state index contributed by atoms with van der Waals surface area (Å²) < 4.78 is 0. The van der Waals surface area contributed by atoms with E-state index in [1.165, 1.54) is 0 Å². The molecule has 0 heterocycles. The molecule has 0 N–H and O–H groups in total. The van der Waals surface area contributed by atoms with Crippen LogP contribution >= 0.6 is 0 Å². The van der Waals surface area contributed by atoms with Gasteiger partial charge in [-0.2, -0.15) is 0 Å². The van der Waals surface area contributed by atoms with Crippen LogP contribution in [0, 0.1) is 0 Å². The molecule has 0 amide bonds. The summed E-state index contributed by atoms with van der Waals surface area (Å²) in [6.07, 6.45) is 20.3. The molecule has 0 nitrogen and oxygen atoms in total. The molecule has 0 bridgehead atoms. The molecule has 0 aromatic heterocycles. The Balaban J connectivity index is 2.71. The summed E-state index contributed by atoms with van der Waals surface area (Å²) in [6.45, 7) is 15.0. The molecule has 0 spiro atoms. The number of hydrogen-bond acceptors (Lipinski definition) is 0. The molecule has 0 saturated carbocycles. The number of allylic oxidation sites excluding steroid dienone is 12. The van der Waals surface area contributed by atoms with E-state index in [2.05, 4.69) is 87.9 Å². The molecule has 0 aromatic carbocycles. The standard InChI is InChI=1S/C20H30Si2/c1-21(2,3)19(17-13-9-7-10-14-17)20(22(4,5)6)18-15-11-8-12-16-18/h7-13,15H,14,16H2,1-6H3/b19-17+,20-18+. The van der Waals surface area contributed by atoms with E-state index in [0.29, 0.717) is 0 Å². The first-order valence-electron chi connectivity index (χ1n) is 8.35. The SMILES string of the molecule is C[Si](C)(C)C(=C1\C=CC=CC1)/C(=C1/C=CC=CC1)[Si](C)(C)C. The van der Waals surface area contributed by atoms with E-state index in [-0.39, 0.29) is 0 Å². The van der Waals surface area contributed by atoms with E-state index in [1.54, 1.807) is 21.5 Å². The van der Waals surface area contributed by atoms with Gasteiger partial charge in [-0.3, -0.25) is 0 Å². The summed E-state index contributed by atoms with van der Waals surface area (Å²) in [6, 6.07) is 0. The maximum atomic E-state index is 2.50. The highest BCUT2D eigenvalue weighted by atomic mass is 28.3. The molecule has 0 aliphatic heterocycles. The highest BCUT2D eigenvalue weighted by Crippen LogP contribution is 2.38. The van der Waals surface area contributed by atoms with Crippen molar-refractivity contribution < 1.29 is 0 Å². The molecule has 2 aliphatic rings. The number of hydrogen-bond donors (Lipinski definition) is 0. The van der Waals surface area contributed by atoms with Gasteiger partial charge in [-0.15, -0.1) is 0 Å². The Morgan fingerprint density at radius 2 is 1.00 bits per heavy atom. The van der Waals surface area contributed by atoms with Crippen molar-refractivity contribution in [2.24, 2.45) is 0 Å². The predicted octanol–water partition coefficient (Wildman–Crippen LogP) is 6.37. The molecule has 0 unspecified atom stereocenters. The first-order chi connectivity index (χ1) is 10.2. The Labute approximate surface area is 138 Å². The van der Waals surface area contributed by atoms with Gasteiger partial charge in [0.2, 0.25) is 0 Å². The largest absolute Gasteiger partial charge is 0.0801 e. The van der Waals surface area contributed by atoms with Crippen molar-refractivity contribution in [1.29, 1.82) is 0 Å². The van der Waals surface area contributed by atoms with Gasteiger partial charge in [-0.1, -0.05) is 98.3 Å². The minimum Gasteiger partial charge on any atom is -0.0801 e. The Morgan fingerprint density at radius 1 is 0.636 bits per heavy atom. The maximum Gasteiger partial charge on any atom is 0.0778 e. The summed E-state index contributed by atoms with van der Waals surface area (Å²) in [7, 11) is -2.84. The van der Waals surface area contributed by atoms with Crippen LogP contribution in [0.2, 0.25) is 39.3 Å². The van der Waals surface area contributed by atoms with E-state index in [0.717, 1.165) is 12.8 Å². The molecule has 118 valence electrons. The summed E-state index contributed by atoms with van der Waals surface area (Å²) in [4.78, 5) is 0. The van der Waals surface area contributed by atoms with Crippen molar-refractivity contribution in [2.75, 3.05) is 0 Å². The first-order valence-corrected chi connectivity index (χ1v) is 15.4. The van der Waals surface area contributed by atoms with Crippen LogP contribution in [0.3, 0.4) is 0 Å². The average Bonchev–Trinajstić information content (AvgIpc) is 2.44. The van der Waals surface area contributed by atoms with Gasteiger partial charge in [0.25, 0.3) is 0 Å². The van der Waals surface area contributed by atoms with Crippen LogP contribution in [0.1, 0.15) is 12.8 Å². The quantitative estimate of drug-likeness (QED) is 0.529. The molecule has 2 rings (SSSR count). The highest BCUT2D eigenvalue weighted by Gasteiger charge is 2.34. The van der Waals surface area contributed by atoms with Gasteiger partial charge in [0.1, 0.15) is 0 Å². The third-order valence-electron chi connectivity index (χ3n) is 4.16. The van der Waals surface area contributed by atoms with Crippen LogP contribution in [0.15, 0.2) is 70.1 Å². The van der Waals surface area contributed by atoms with E-state index >= 15 is 0 Å². The van der Waals surface area contributed by atoms with Crippen LogP contribution in [0.5, 0.6) is 0 Å². The normalized spacial score (nSPS) is 23.0. The van der Waals surface area contributed by atoms with E-state index in [9.17, 15) is 0 Å². The highest BCUT2D eigenvalue weighted by molar-refractivity contribution is 6.92. The third kappa shape index (κ3) is 3.99. The fraction of sp³-hybridized carbons (Fsp3) is 0.400. The van der Waals surface area contributed by atoms with Crippen LogP contribution in [0.4, 0.5) is 0 Å². The molecule has 2 heteroatoms. The predicted molar refractivity (Wildman–Crippen MR) is 107 cm³/mol. The fourth-order valence-corrected chi connectivity index (χ4v) is 9.80. The topological polar surface area (TPSA) is 0 Å². The Morgan fingerprint density at radius 3 is 1.23 bits per heavy atom. The molecular formula is C20H30Si2. The smallest absolute Gasteiger partial charge is 0.0778 e. The van der Waals surface area contributed by atoms with Crippen molar-refractivity contribution in [3.8, 4) is 0 Å². The zero-order chi connectivity index (χ0) is 16.4. The lowest BCUT2D eigenvalue weighted by Gasteiger charge is -2.35. The average molecular weight is 327 g/mol. The lowest BCUT2D eigenvalue weighted by atomic mass is 10.0. The van der Waals surface area contributed by atoms with Gasteiger partial charge in [0.15, 0.2) is 0 Å². The summed E-state index contributed by atoms with van der Waals surface area (Å²) in [5, 5.41) is 3.45. The summed E-state index contributed by atoms with van der Waals surface area (Å²) in [5.74, 6) is 0. The zero-order valence-corrected chi connectivity index (χ0v) is 17.0. The summed E-state index contributed by atoms with van der Waals surface area (Å²) in [5.41, 5.74) is 3.13. The maximum absolute atomic E-state index is 2.50. The van der Waals surface area contributed by atoms with E-state index in [4.69, 9.17) is 0 Å². The monoisotopic (exact) mass is 326 g/mol. The summed E-state index contributed by atoms with van der Waals surface area (Å²) >= 11 is 0. The van der Waals surface area contributed by atoms with Gasteiger partial charge in [-0.05, 0) is 24.0 Å². The zero-order valence-electron chi connectivity index (χ0n) is 15.0. The van der Waals surface area contributed by atoms with Crippen LogP contribution < -0.4 is 0 Å². The third-order valence-corrected chi connectivity index (χ3v) is 8.55. The number of rotatable bonds is 3. The Bertz CT molecular complexity index is 553. The van der Waals surface area contributed by atoms with Crippen molar-refractivity contribution >= 4 is 16.1 Å². The molecule has 2 aliphatic carbocycles. The molecule has 0 saturated heterocycles. The van der Waals surface area contributed by atoms with Crippen molar-refractivity contribution in [3.63, 3.8) is 0 Å². The molecular weight excluding hydrogens is 296 g/mol. The van der Waals surface area contributed by atoms with Crippen molar-refractivity contribution in [3.05, 3.63) is 70.1 Å². The molecule has 0 fully saturated rings. The van der Waals surface area contributed by atoms with E-state index < -0.39 is 16.1 Å². The second-order valence-electron chi connectivity index (χ2n) is 8.28. The second kappa shape index (κ2) is 6.55. The lowest BCUT2D eigenvalue weighted by Crippen LogP contribution is -2.37. The second-order valence-corrected chi connectivity index (χ2v) is 18.3. The minimum absolute atomic E-state index is 1.09. The minimum atomic E-state index is -1.42. The fourth-order valence-electron chi connectivity index (χ4n) is 3.43. The van der Waals surface area contributed by atoms with Gasteiger partial charge in [-0.25, -0.2) is 0 Å². The first kappa shape index (κ1) is 17.2. The van der Waals surface area contributed by atoms with Crippen molar-refractivity contribution in [2.45, 2.75) is 52.1 Å². The Hall–Kier alpha value is -1.13. The van der Waals surface area contributed by atoms with E-state index in [1.807, 2.05) is 0 Å². The molecule has 22 heavy (non-hydrogen) atoms. The molecule has 0 radical (unpaired) electrons. The Kier molecular flexibility index (Phi) is 5.13. The van der Waals surface area contributed by atoms with Gasteiger partial charge in [0, 0.05) is 0 Å². The van der Waals surface area contributed by atoms with Crippen LogP contribution in [-0.2, 0) is 0 Å². The van der Waals surface area contributed by atoms with Gasteiger partial charge in [0.05, 0.1) is 16.1 Å². The van der Waals surface area contributed by atoms with Gasteiger partial charge >= 0.3 is 0 Å². The van der Waals surface area contributed by atoms with Gasteiger partial charge < -0.3 is 0 Å². The van der Waals surface area contributed by atoms with Crippen LogP contribution in [-0.4, -0.2) is 16.1 Å². The van der Waals surface area contributed by atoms with Crippen LogP contribution in [0.25, 0.3) is 0 Å². The molecule has 0 atom stereocenters. The van der Waals surface area contributed by atoms with Crippen molar-refractivity contribution in [1.82, 2.24) is 0 Å². The molecule has 0 aromatic rings.